The smallest absolute Gasteiger partial charge is 0.234 e. The van der Waals surface area contributed by atoms with Crippen molar-refractivity contribution in [2.24, 2.45) is 0 Å². The Morgan fingerprint density at radius 1 is 1.06 bits per heavy atom. The van der Waals surface area contributed by atoms with Crippen molar-refractivity contribution in [1.29, 1.82) is 0 Å². The van der Waals surface area contributed by atoms with Gasteiger partial charge < -0.3 is 10.1 Å². The number of rotatable bonds is 9. The second-order valence-electron chi connectivity index (χ2n) is 8.66. The van der Waals surface area contributed by atoms with Crippen LogP contribution in [0.5, 0.6) is 5.75 Å². The van der Waals surface area contributed by atoms with Crippen molar-refractivity contribution in [2.45, 2.75) is 38.8 Å². The maximum absolute atomic E-state index is 12.6. The molecule has 0 aliphatic heterocycles. The predicted molar refractivity (Wildman–Crippen MR) is 143 cm³/mol. The molecular weight excluding hydrogens is 472 g/mol. The SMILES string of the molecule is CCCCOc1ccc(-c2cc3c4nnc(SCC(=O)Nc5c(C)cccc5C)n4ccn3n2)cc1. The number of amides is 1. The van der Waals surface area contributed by atoms with E-state index in [1.165, 1.54) is 11.8 Å². The second-order valence-corrected chi connectivity index (χ2v) is 9.61. The van der Waals surface area contributed by atoms with E-state index in [0.29, 0.717) is 10.8 Å². The standard InChI is InChI=1S/C27H28N6O2S/c1-4-5-15-35-21-11-9-20(10-12-21)22-16-23-26-29-30-27(32(26)13-14-33(23)31-22)36-17-24(34)28-25-18(2)7-6-8-19(25)3/h6-14,16H,4-5,15,17H2,1-3H3,(H,28,34). The van der Waals surface area contributed by atoms with Gasteiger partial charge in [-0.05, 0) is 61.7 Å². The fraction of sp³-hybridized carbons (Fsp3) is 0.259. The fourth-order valence-corrected chi connectivity index (χ4v) is 4.72. The molecule has 2 aromatic carbocycles. The average Bonchev–Trinajstić information content (AvgIpc) is 3.50. The molecule has 8 nitrogen and oxygen atoms in total. The third-order valence-electron chi connectivity index (χ3n) is 5.98. The molecule has 0 fully saturated rings. The molecule has 184 valence electrons. The van der Waals surface area contributed by atoms with Crippen LogP contribution in [-0.4, -0.2) is 42.5 Å². The van der Waals surface area contributed by atoms with E-state index >= 15 is 0 Å². The molecule has 3 heterocycles. The third-order valence-corrected chi connectivity index (χ3v) is 6.92. The summed E-state index contributed by atoms with van der Waals surface area (Å²) in [6.45, 7) is 6.85. The lowest BCUT2D eigenvalue weighted by Crippen LogP contribution is -2.16. The topological polar surface area (TPSA) is 85.8 Å². The Morgan fingerprint density at radius 2 is 1.83 bits per heavy atom. The van der Waals surface area contributed by atoms with Crippen LogP contribution in [0, 0.1) is 13.8 Å². The summed E-state index contributed by atoms with van der Waals surface area (Å²) in [5.74, 6) is 1.01. The van der Waals surface area contributed by atoms with Crippen LogP contribution in [0.2, 0.25) is 0 Å². The van der Waals surface area contributed by atoms with E-state index in [4.69, 9.17) is 9.84 Å². The Morgan fingerprint density at radius 3 is 2.58 bits per heavy atom. The number of aromatic nitrogens is 5. The summed E-state index contributed by atoms with van der Waals surface area (Å²) in [5.41, 5.74) is 6.31. The highest BCUT2D eigenvalue weighted by Gasteiger charge is 2.15. The minimum absolute atomic E-state index is 0.0796. The number of anilines is 1. The van der Waals surface area contributed by atoms with Crippen LogP contribution < -0.4 is 10.1 Å². The van der Waals surface area contributed by atoms with Crippen molar-refractivity contribution in [1.82, 2.24) is 24.2 Å². The maximum Gasteiger partial charge on any atom is 0.234 e. The summed E-state index contributed by atoms with van der Waals surface area (Å²) >= 11 is 1.35. The van der Waals surface area contributed by atoms with Crippen LogP contribution in [-0.2, 0) is 4.79 Å². The summed E-state index contributed by atoms with van der Waals surface area (Å²) in [4.78, 5) is 12.6. The lowest BCUT2D eigenvalue weighted by Gasteiger charge is -2.10. The van der Waals surface area contributed by atoms with Crippen LogP contribution >= 0.6 is 11.8 Å². The highest BCUT2D eigenvalue weighted by atomic mass is 32.2. The molecule has 0 spiro atoms. The van der Waals surface area contributed by atoms with Crippen molar-refractivity contribution in [3.63, 3.8) is 0 Å². The molecular formula is C27H28N6O2S. The Labute approximate surface area is 213 Å². The second kappa shape index (κ2) is 10.4. The molecule has 0 bridgehead atoms. The minimum atomic E-state index is -0.0796. The number of thioether (sulfide) groups is 1. The summed E-state index contributed by atoms with van der Waals surface area (Å²) in [6, 6.07) is 15.9. The first kappa shape index (κ1) is 23.9. The molecule has 1 amide bonds. The molecule has 3 aromatic heterocycles. The van der Waals surface area contributed by atoms with Crippen molar-refractivity contribution < 1.29 is 9.53 Å². The molecule has 1 N–H and O–H groups in total. The Bertz CT molecular complexity index is 1500. The third kappa shape index (κ3) is 4.92. The first-order chi connectivity index (χ1) is 17.5. The number of nitrogens with zero attached hydrogens (tertiary/aromatic N) is 5. The van der Waals surface area contributed by atoms with Gasteiger partial charge in [0.15, 0.2) is 10.8 Å². The average molecular weight is 501 g/mol. The fourth-order valence-electron chi connectivity index (χ4n) is 4.00. The van der Waals surface area contributed by atoms with Gasteiger partial charge in [-0.1, -0.05) is 43.3 Å². The molecule has 5 rings (SSSR count). The van der Waals surface area contributed by atoms with Gasteiger partial charge in [-0.15, -0.1) is 10.2 Å². The first-order valence-electron chi connectivity index (χ1n) is 12.0. The Kier molecular flexibility index (Phi) is 6.90. The van der Waals surface area contributed by atoms with E-state index in [1.54, 1.807) is 4.52 Å². The van der Waals surface area contributed by atoms with E-state index in [-0.39, 0.29) is 11.7 Å². The van der Waals surface area contributed by atoms with E-state index in [0.717, 1.165) is 58.8 Å². The van der Waals surface area contributed by atoms with Gasteiger partial charge in [-0.25, -0.2) is 4.52 Å². The zero-order chi connectivity index (χ0) is 25.1. The molecule has 0 saturated heterocycles. The zero-order valence-electron chi connectivity index (χ0n) is 20.6. The lowest BCUT2D eigenvalue weighted by molar-refractivity contribution is -0.113. The monoisotopic (exact) mass is 500 g/mol. The highest BCUT2D eigenvalue weighted by molar-refractivity contribution is 7.99. The van der Waals surface area contributed by atoms with Gasteiger partial charge in [0.1, 0.15) is 11.3 Å². The van der Waals surface area contributed by atoms with Gasteiger partial charge in [-0.3, -0.25) is 9.20 Å². The van der Waals surface area contributed by atoms with Crippen molar-refractivity contribution in [3.8, 4) is 17.0 Å². The molecule has 0 aliphatic carbocycles. The van der Waals surface area contributed by atoms with E-state index in [1.807, 2.05) is 79.2 Å². The van der Waals surface area contributed by atoms with Crippen molar-refractivity contribution >= 4 is 34.5 Å². The largest absolute Gasteiger partial charge is 0.494 e. The van der Waals surface area contributed by atoms with Gasteiger partial charge in [0, 0.05) is 23.6 Å². The molecule has 5 aromatic rings. The zero-order valence-corrected chi connectivity index (χ0v) is 21.4. The van der Waals surface area contributed by atoms with E-state index in [9.17, 15) is 4.79 Å². The number of carbonyl (C=O) groups excluding carboxylic acids is 1. The Balaban J connectivity index is 1.31. The number of hydrogen-bond acceptors (Lipinski definition) is 6. The minimum Gasteiger partial charge on any atom is -0.494 e. The van der Waals surface area contributed by atoms with Crippen LogP contribution in [0.1, 0.15) is 30.9 Å². The molecule has 0 saturated carbocycles. The van der Waals surface area contributed by atoms with Gasteiger partial charge in [0.25, 0.3) is 0 Å². The van der Waals surface area contributed by atoms with Crippen molar-refractivity contribution in [2.75, 3.05) is 17.7 Å². The first-order valence-corrected chi connectivity index (χ1v) is 13.0. The highest BCUT2D eigenvalue weighted by Crippen LogP contribution is 2.26. The summed E-state index contributed by atoms with van der Waals surface area (Å²) in [6.07, 6.45) is 5.89. The number of aryl methyl sites for hydroxylation is 2. The lowest BCUT2D eigenvalue weighted by atomic mass is 10.1. The normalized spacial score (nSPS) is 11.3. The number of para-hydroxylation sites is 1. The number of ether oxygens (including phenoxy) is 1. The molecule has 0 atom stereocenters. The molecule has 0 aliphatic rings. The molecule has 36 heavy (non-hydrogen) atoms. The number of unbranched alkanes of at least 4 members (excludes halogenated alkanes) is 1. The summed E-state index contributed by atoms with van der Waals surface area (Å²) < 4.78 is 9.45. The van der Waals surface area contributed by atoms with Crippen LogP contribution in [0.25, 0.3) is 22.4 Å². The molecule has 0 unspecified atom stereocenters. The quantitative estimate of drug-likeness (QED) is 0.210. The van der Waals surface area contributed by atoms with Gasteiger partial charge in [0.2, 0.25) is 5.91 Å². The van der Waals surface area contributed by atoms with Gasteiger partial charge in [0.05, 0.1) is 18.1 Å². The maximum atomic E-state index is 12.6. The van der Waals surface area contributed by atoms with Crippen LogP contribution in [0.3, 0.4) is 0 Å². The number of hydrogen-bond donors (Lipinski definition) is 1. The Hall–Kier alpha value is -3.85. The predicted octanol–water partition coefficient (Wildman–Crippen LogP) is 5.57. The van der Waals surface area contributed by atoms with Crippen LogP contribution in [0.15, 0.2) is 66.1 Å². The number of nitrogens with one attached hydrogen (secondary N) is 1. The van der Waals surface area contributed by atoms with E-state index < -0.39 is 0 Å². The van der Waals surface area contributed by atoms with Gasteiger partial charge in [-0.2, -0.15) is 5.10 Å². The van der Waals surface area contributed by atoms with Crippen LogP contribution in [0.4, 0.5) is 5.69 Å². The van der Waals surface area contributed by atoms with E-state index in [2.05, 4.69) is 22.4 Å². The molecule has 0 radical (unpaired) electrons. The van der Waals surface area contributed by atoms with Gasteiger partial charge >= 0.3 is 0 Å². The summed E-state index contributed by atoms with van der Waals surface area (Å²) in [5, 5.41) is 17.1. The number of carbonyl (C=O) groups is 1. The van der Waals surface area contributed by atoms with Crippen molar-refractivity contribution in [3.05, 3.63) is 72.1 Å². The molecule has 9 heteroatoms. The number of fused-ring (bicyclic) bond motifs is 3. The summed E-state index contributed by atoms with van der Waals surface area (Å²) in [7, 11) is 0. The number of benzene rings is 2.